The number of carbonyl (C=O) groups is 1. The van der Waals surface area contributed by atoms with Crippen LogP contribution >= 0.6 is 0 Å². The van der Waals surface area contributed by atoms with Gasteiger partial charge in [0.05, 0.1) is 18.0 Å². The molecule has 0 spiro atoms. The second-order valence-corrected chi connectivity index (χ2v) is 8.65. The fourth-order valence-electron chi connectivity index (χ4n) is 4.30. The van der Waals surface area contributed by atoms with Gasteiger partial charge in [0, 0.05) is 23.7 Å². The molecule has 1 N–H and O–H groups in total. The van der Waals surface area contributed by atoms with Gasteiger partial charge in [0.1, 0.15) is 0 Å². The van der Waals surface area contributed by atoms with Crippen LogP contribution in [0.5, 0.6) is 0 Å². The average molecular weight is 450 g/mol. The molecule has 2 aromatic carbocycles. The van der Waals surface area contributed by atoms with Crippen molar-refractivity contribution in [3.63, 3.8) is 0 Å². The van der Waals surface area contributed by atoms with Crippen LogP contribution < -0.4 is 5.32 Å². The van der Waals surface area contributed by atoms with E-state index in [1.807, 2.05) is 102 Å². The molecule has 0 saturated heterocycles. The summed E-state index contributed by atoms with van der Waals surface area (Å²) in [6.07, 6.45) is 3.99. The highest BCUT2D eigenvalue weighted by molar-refractivity contribution is 5.94. The number of hydrogen-bond donors (Lipinski definition) is 1. The van der Waals surface area contributed by atoms with E-state index in [0.29, 0.717) is 12.1 Å². The molecule has 0 saturated carbocycles. The molecular weight excluding hydrogens is 422 g/mol. The zero-order chi connectivity index (χ0) is 23.7. The van der Waals surface area contributed by atoms with Crippen molar-refractivity contribution in [2.24, 2.45) is 0 Å². The minimum absolute atomic E-state index is 0.0616. The van der Waals surface area contributed by atoms with E-state index in [-0.39, 0.29) is 11.9 Å². The lowest BCUT2D eigenvalue weighted by Crippen LogP contribution is -2.26. The summed E-state index contributed by atoms with van der Waals surface area (Å²) in [4.78, 5) is 17.5. The van der Waals surface area contributed by atoms with E-state index < -0.39 is 0 Å². The van der Waals surface area contributed by atoms with Crippen molar-refractivity contribution in [3.05, 3.63) is 113 Å². The first-order valence-electron chi connectivity index (χ1n) is 11.4. The van der Waals surface area contributed by atoms with Gasteiger partial charge in [-0.3, -0.25) is 4.79 Å². The number of rotatable bonds is 6. The Morgan fingerprint density at radius 1 is 0.971 bits per heavy atom. The number of nitrogens with zero attached hydrogens (tertiary/aromatic N) is 4. The maximum Gasteiger partial charge on any atom is 0.251 e. The topological polar surface area (TPSA) is 64.7 Å². The van der Waals surface area contributed by atoms with Gasteiger partial charge in [-0.15, -0.1) is 0 Å². The predicted molar refractivity (Wildman–Crippen MR) is 134 cm³/mol. The van der Waals surface area contributed by atoms with Crippen LogP contribution in [0.4, 0.5) is 0 Å². The van der Waals surface area contributed by atoms with E-state index in [9.17, 15) is 4.79 Å². The predicted octanol–water partition coefficient (Wildman–Crippen LogP) is 5.38. The van der Waals surface area contributed by atoms with Crippen LogP contribution in [-0.2, 0) is 6.54 Å². The van der Waals surface area contributed by atoms with E-state index in [2.05, 4.69) is 18.3 Å². The smallest absolute Gasteiger partial charge is 0.251 e. The van der Waals surface area contributed by atoms with Crippen molar-refractivity contribution in [1.82, 2.24) is 24.6 Å². The Morgan fingerprint density at radius 3 is 2.38 bits per heavy atom. The maximum absolute atomic E-state index is 12.7. The van der Waals surface area contributed by atoms with Gasteiger partial charge in [-0.05, 0) is 67.8 Å². The summed E-state index contributed by atoms with van der Waals surface area (Å²) in [5, 5.41) is 9.01. The van der Waals surface area contributed by atoms with Crippen molar-refractivity contribution in [1.29, 1.82) is 0 Å². The SMILES string of the molecule is Cc1cc(C)c2c(-n3cccc3)nn(Cc3ccc(C(=O)NC(C)c4ccccc4)cc3)c2n1. The summed E-state index contributed by atoms with van der Waals surface area (Å²) in [7, 11) is 0. The molecule has 1 atom stereocenters. The van der Waals surface area contributed by atoms with E-state index in [0.717, 1.165) is 39.2 Å². The lowest BCUT2D eigenvalue weighted by Gasteiger charge is -2.14. The third-order valence-electron chi connectivity index (χ3n) is 6.05. The second-order valence-electron chi connectivity index (χ2n) is 8.65. The molecule has 5 rings (SSSR count). The fourth-order valence-corrected chi connectivity index (χ4v) is 4.30. The van der Waals surface area contributed by atoms with Gasteiger partial charge in [0.25, 0.3) is 5.91 Å². The zero-order valence-electron chi connectivity index (χ0n) is 19.6. The quantitative estimate of drug-likeness (QED) is 0.379. The van der Waals surface area contributed by atoms with Gasteiger partial charge in [-0.25, -0.2) is 9.67 Å². The molecule has 3 aromatic heterocycles. The second kappa shape index (κ2) is 8.98. The molecule has 34 heavy (non-hydrogen) atoms. The Morgan fingerprint density at radius 2 is 1.68 bits per heavy atom. The van der Waals surface area contributed by atoms with Crippen molar-refractivity contribution in [2.75, 3.05) is 0 Å². The van der Waals surface area contributed by atoms with Crippen LogP contribution in [0.25, 0.3) is 16.9 Å². The molecule has 1 unspecified atom stereocenters. The average Bonchev–Trinajstić information content (AvgIpc) is 3.49. The first-order valence-corrected chi connectivity index (χ1v) is 11.4. The lowest BCUT2D eigenvalue weighted by molar-refractivity contribution is 0.0940. The molecular formula is C28H27N5O. The van der Waals surface area contributed by atoms with Crippen molar-refractivity contribution in [3.8, 4) is 5.82 Å². The van der Waals surface area contributed by atoms with E-state index in [1.165, 1.54) is 0 Å². The number of pyridine rings is 1. The van der Waals surface area contributed by atoms with Crippen LogP contribution in [0, 0.1) is 13.8 Å². The summed E-state index contributed by atoms with van der Waals surface area (Å²) < 4.78 is 3.96. The fraction of sp³-hybridized carbons (Fsp3) is 0.179. The molecule has 3 heterocycles. The third-order valence-corrected chi connectivity index (χ3v) is 6.05. The number of hydrogen-bond acceptors (Lipinski definition) is 3. The molecule has 5 aromatic rings. The molecule has 170 valence electrons. The largest absolute Gasteiger partial charge is 0.346 e. The molecule has 0 aliphatic carbocycles. The standard InChI is InChI=1S/C28H27N5O/c1-19-17-20(2)29-26-25(19)27(32-15-7-8-16-32)31-33(26)18-22-11-13-24(14-12-22)28(34)30-21(3)23-9-5-4-6-10-23/h4-17,21H,18H2,1-3H3,(H,30,34). The van der Waals surface area contributed by atoms with Gasteiger partial charge in [-0.1, -0.05) is 42.5 Å². The number of fused-ring (bicyclic) bond motifs is 1. The van der Waals surface area contributed by atoms with Crippen molar-refractivity contribution < 1.29 is 4.79 Å². The van der Waals surface area contributed by atoms with Crippen molar-refractivity contribution >= 4 is 16.9 Å². The number of benzene rings is 2. The number of nitrogens with one attached hydrogen (secondary N) is 1. The van der Waals surface area contributed by atoms with Gasteiger partial charge < -0.3 is 9.88 Å². The highest BCUT2D eigenvalue weighted by Gasteiger charge is 2.17. The molecule has 0 fully saturated rings. The van der Waals surface area contributed by atoms with Crippen LogP contribution in [0.2, 0.25) is 0 Å². The molecule has 0 aliphatic heterocycles. The summed E-state index contributed by atoms with van der Waals surface area (Å²) in [5.41, 5.74) is 5.74. The van der Waals surface area contributed by atoms with Crippen LogP contribution in [-0.4, -0.2) is 25.2 Å². The van der Waals surface area contributed by atoms with Gasteiger partial charge in [-0.2, -0.15) is 5.10 Å². The van der Waals surface area contributed by atoms with E-state index >= 15 is 0 Å². The summed E-state index contributed by atoms with van der Waals surface area (Å²) in [5.74, 6) is 0.783. The van der Waals surface area contributed by atoms with Gasteiger partial charge in [0.15, 0.2) is 11.5 Å². The van der Waals surface area contributed by atoms with Crippen LogP contribution in [0.3, 0.4) is 0 Å². The minimum Gasteiger partial charge on any atom is -0.346 e. The highest BCUT2D eigenvalue weighted by Crippen LogP contribution is 2.26. The Bertz CT molecular complexity index is 1430. The van der Waals surface area contributed by atoms with Gasteiger partial charge in [0.2, 0.25) is 0 Å². The maximum atomic E-state index is 12.7. The third kappa shape index (κ3) is 4.22. The number of carbonyl (C=O) groups excluding carboxylic acids is 1. The normalized spacial score (nSPS) is 12.1. The lowest BCUT2D eigenvalue weighted by atomic mass is 10.1. The monoisotopic (exact) mass is 449 g/mol. The minimum atomic E-state index is -0.0877. The first kappa shape index (κ1) is 21.6. The summed E-state index contributed by atoms with van der Waals surface area (Å²) in [6, 6.07) is 23.7. The Balaban J connectivity index is 1.39. The van der Waals surface area contributed by atoms with Crippen LogP contribution in [0.15, 0.2) is 85.2 Å². The van der Waals surface area contributed by atoms with E-state index in [4.69, 9.17) is 10.1 Å². The highest BCUT2D eigenvalue weighted by atomic mass is 16.1. The molecule has 6 nitrogen and oxygen atoms in total. The van der Waals surface area contributed by atoms with E-state index in [1.54, 1.807) is 0 Å². The number of amides is 1. The summed E-state index contributed by atoms with van der Waals surface area (Å²) >= 11 is 0. The van der Waals surface area contributed by atoms with Crippen molar-refractivity contribution in [2.45, 2.75) is 33.4 Å². The Hall–Kier alpha value is -4.19. The number of aryl methyl sites for hydroxylation is 2. The molecule has 0 radical (unpaired) electrons. The van der Waals surface area contributed by atoms with Crippen LogP contribution in [0.1, 0.15) is 45.7 Å². The Labute approximate surface area is 198 Å². The first-order chi connectivity index (χ1) is 16.5. The molecule has 1 amide bonds. The molecule has 0 bridgehead atoms. The van der Waals surface area contributed by atoms with Gasteiger partial charge >= 0.3 is 0 Å². The Kier molecular flexibility index (Phi) is 5.72. The summed E-state index contributed by atoms with van der Waals surface area (Å²) in [6.45, 7) is 6.66. The number of aromatic nitrogens is 4. The zero-order valence-corrected chi connectivity index (χ0v) is 19.6. The molecule has 6 heteroatoms. The molecule has 0 aliphatic rings.